The maximum Gasteiger partial charge on any atom is 0.351 e. The van der Waals surface area contributed by atoms with E-state index in [0.29, 0.717) is 23.1 Å². The summed E-state index contributed by atoms with van der Waals surface area (Å²) in [5.74, 6) is 0.174. The quantitative estimate of drug-likeness (QED) is 0.675. The second-order valence-electron chi connectivity index (χ2n) is 6.89. The van der Waals surface area contributed by atoms with Crippen LogP contribution in [-0.2, 0) is 16.1 Å². The molecule has 1 N–H and O–H groups in total. The van der Waals surface area contributed by atoms with Gasteiger partial charge < -0.3 is 10.1 Å². The molecule has 2 heterocycles. The zero-order chi connectivity index (χ0) is 20.2. The number of carbonyl (C=O) groups excluding carboxylic acids is 1. The van der Waals surface area contributed by atoms with Gasteiger partial charge in [-0.2, -0.15) is 4.68 Å². The fraction of sp³-hybridized carbons (Fsp3) is 0.286. The van der Waals surface area contributed by atoms with Crippen LogP contribution in [0.5, 0.6) is 0 Å². The van der Waals surface area contributed by atoms with Crippen molar-refractivity contribution < 1.29 is 9.53 Å². The number of benzene rings is 2. The van der Waals surface area contributed by atoms with Crippen LogP contribution in [0.1, 0.15) is 12.8 Å². The first-order valence-electron chi connectivity index (χ1n) is 9.51. The summed E-state index contributed by atoms with van der Waals surface area (Å²) in [7, 11) is 0. The minimum atomic E-state index is -0.390. The Kier molecular flexibility index (Phi) is 5.78. The van der Waals surface area contributed by atoms with Gasteiger partial charge in [-0.1, -0.05) is 41.9 Å². The van der Waals surface area contributed by atoms with E-state index >= 15 is 0 Å². The van der Waals surface area contributed by atoms with Gasteiger partial charge in [-0.3, -0.25) is 9.36 Å². The number of amides is 1. The molecule has 1 aliphatic heterocycles. The van der Waals surface area contributed by atoms with Gasteiger partial charge in [0.1, 0.15) is 6.54 Å². The highest BCUT2D eigenvalue weighted by Crippen LogP contribution is 2.18. The van der Waals surface area contributed by atoms with Crippen molar-refractivity contribution in [3.8, 4) is 17.1 Å². The molecule has 2 aromatic carbocycles. The first-order chi connectivity index (χ1) is 14.1. The number of aromatic nitrogens is 3. The molecule has 1 saturated heterocycles. The van der Waals surface area contributed by atoms with Gasteiger partial charge in [0.2, 0.25) is 5.91 Å². The third-order valence-electron chi connectivity index (χ3n) is 4.82. The number of ether oxygens (including phenoxy) is 1. The Balaban J connectivity index is 1.64. The van der Waals surface area contributed by atoms with Crippen molar-refractivity contribution in [2.75, 3.05) is 13.2 Å². The van der Waals surface area contributed by atoms with Crippen LogP contribution >= 0.6 is 11.6 Å². The number of nitrogens with zero attached hydrogens (tertiary/aromatic N) is 3. The number of nitrogens with one attached hydrogen (secondary N) is 1. The van der Waals surface area contributed by atoms with E-state index < -0.39 is 5.69 Å². The van der Waals surface area contributed by atoms with Crippen LogP contribution in [0.4, 0.5) is 0 Å². The molecule has 7 nitrogen and oxygen atoms in total. The predicted octanol–water partition coefficient (Wildman–Crippen LogP) is 2.65. The second kappa shape index (κ2) is 8.63. The lowest BCUT2D eigenvalue weighted by Gasteiger charge is -2.11. The van der Waals surface area contributed by atoms with E-state index in [1.165, 1.54) is 9.25 Å². The van der Waals surface area contributed by atoms with Crippen LogP contribution in [0.2, 0.25) is 5.02 Å². The molecule has 1 amide bonds. The lowest BCUT2D eigenvalue weighted by molar-refractivity contribution is -0.122. The molecule has 4 rings (SSSR count). The van der Waals surface area contributed by atoms with Crippen molar-refractivity contribution in [1.82, 2.24) is 19.7 Å². The molecular weight excluding hydrogens is 392 g/mol. The molecule has 1 fully saturated rings. The van der Waals surface area contributed by atoms with Crippen LogP contribution in [0.15, 0.2) is 59.4 Å². The van der Waals surface area contributed by atoms with E-state index in [4.69, 9.17) is 16.3 Å². The highest BCUT2D eigenvalue weighted by molar-refractivity contribution is 6.30. The van der Waals surface area contributed by atoms with E-state index in [9.17, 15) is 9.59 Å². The number of hydrogen-bond donors (Lipinski definition) is 1. The maximum absolute atomic E-state index is 13.1. The van der Waals surface area contributed by atoms with E-state index in [0.717, 1.165) is 25.0 Å². The zero-order valence-corrected chi connectivity index (χ0v) is 16.5. The lowest BCUT2D eigenvalue weighted by atomic mass is 10.2. The average Bonchev–Trinajstić information content (AvgIpc) is 3.37. The topological polar surface area (TPSA) is 78.2 Å². The van der Waals surface area contributed by atoms with E-state index in [2.05, 4.69) is 10.4 Å². The molecule has 29 heavy (non-hydrogen) atoms. The molecule has 0 bridgehead atoms. The van der Waals surface area contributed by atoms with Gasteiger partial charge in [0.15, 0.2) is 5.82 Å². The van der Waals surface area contributed by atoms with Crippen LogP contribution < -0.4 is 11.0 Å². The third kappa shape index (κ3) is 4.41. The van der Waals surface area contributed by atoms with Crippen molar-refractivity contribution in [1.29, 1.82) is 0 Å². The minimum Gasteiger partial charge on any atom is -0.376 e. The van der Waals surface area contributed by atoms with Gasteiger partial charge in [0, 0.05) is 23.7 Å². The summed E-state index contributed by atoms with van der Waals surface area (Å²) in [4.78, 5) is 25.6. The van der Waals surface area contributed by atoms with Gasteiger partial charge in [-0.05, 0) is 37.1 Å². The molecule has 0 spiro atoms. The summed E-state index contributed by atoms with van der Waals surface area (Å²) >= 11 is 5.95. The second-order valence-corrected chi connectivity index (χ2v) is 7.32. The SMILES string of the molecule is O=C(Cn1c(-c2ccccc2)nn(-c2ccc(Cl)cc2)c1=O)NC[C@@H]1CCCO1. The smallest absolute Gasteiger partial charge is 0.351 e. The van der Waals surface area contributed by atoms with Gasteiger partial charge in [-0.25, -0.2) is 4.79 Å². The largest absolute Gasteiger partial charge is 0.376 e. The Morgan fingerprint density at radius 1 is 1.17 bits per heavy atom. The van der Waals surface area contributed by atoms with Crippen molar-refractivity contribution in [3.05, 3.63) is 70.1 Å². The highest BCUT2D eigenvalue weighted by atomic mass is 35.5. The third-order valence-corrected chi connectivity index (χ3v) is 5.07. The highest BCUT2D eigenvalue weighted by Gasteiger charge is 2.20. The van der Waals surface area contributed by atoms with Crippen molar-refractivity contribution in [2.24, 2.45) is 0 Å². The Labute approximate surface area is 172 Å². The fourth-order valence-corrected chi connectivity index (χ4v) is 3.45. The first-order valence-corrected chi connectivity index (χ1v) is 9.89. The van der Waals surface area contributed by atoms with Gasteiger partial charge in [0.25, 0.3) is 0 Å². The summed E-state index contributed by atoms with van der Waals surface area (Å²) in [6.45, 7) is 1.05. The molecule has 0 radical (unpaired) electrons. The summed E-state index contributed by atoms with van der Waals surface area (Å²) in [6.07, 6.45) is 1.98. The molecule has 0 aliphatic carbocycles. The summed E-state index contributed by atoms with van der Waals surface area (Å²) in [5, 5.41) is 7.91. The van der Waals surface area contributed by atoms with Gasteiger partial charge >= 0.3 is 5.69 Å². The molecule has 1 aliphatic rings. The Hall–Kier alpha value is -2.90. The van der Waals surface area contributed by atoms with E-state index in [-0.39, 0.29) is 18.6 Å². The fourth-order valence-electron chi connectivity index (χ4n) is 3.32. The zero-order valence-electron chi connectivity index (χ0n) is 15.8. The van der Waals surface area contributed by atoms with Crippen LogP contribution in [0.25, 0.3) is 17.1 Å². The number of carbonyl (C=O) groups is 1. The van der Waals surface area contributed by atoms with Crippen molar-refractivity contribution in [3.63, 3.8) is 0 Å². The maximum atomic E-state index is 13.1. The van der Waals surface area contributed by atoms with Crippen LogP contribution in [0, 0.1) is 0 Å². The van der Waals surface area contributed by atoms with Crippen molar-refractivity contribution in [2.45, 2.75) is 25.5 Å². The number of halogens is 1. The molecule has 0 unspecified atom stereocenters. The van der Waals surface area contributed by atoms with E-state index in [1.54, 1.807) is 24.3 Å². The summed E-state index contributed by atoms with van der Waals surface area (Å²) < 4.78 is 8.20. The van der Waals surface area contributed by atoms with Crippen LogP contribution in [-0.4, -0.2) is 39.5 Å². The molecule has 3 aromatic rings. The Morgan fingerprint density at radius 2 is 1.93 bits per heavy atom. The lowest BCUT2D eigenvalue weighted by Crippen LogP contribution is -2.37. The monoisotopic (exact) mass is 412 g/mol. The Bertz CT molecular complexity index is 1040. The standard InChI is InChI=1S/C21H21ClN4O3/c22-16-8-10-17(11-9-16)26-21(28)25(20(24-26)15-5-2-1-3-6-15)14-19(27)23-13-18-7-4-12-29-18/h1-3,5-6,8-11,18H,4,7,12-14H2,(H,23,27)/t18-/m0/s1. The molecule has 8 heteroatoms. The minimum absolute atomic E-state index is 0.0426. The number of hydrogen-bond acceptors (Lipinski definition) is 4. The summed E-state index contributed by atoms with van der Waals surface area (Å²) in [6, 6.07) is 16.1. The first kappa shape index (κ1) is 19.4. The molecule has 1 aromatic heterocycles. The molecule has 150 valence electrons. The van der Waals surface area contributed by atoms with Crippen LogP contribution in [0.3, 0.4) is 0 Å². The molecule has 0 saturated carbocycles. The van der Waals surface area contributed by atoms with E-state index in [1.807, 2.05) is 30.3 Å². The number of rotatable bonds is 6. The van der Waals surface area contributed by atoms with Gasteiger partial charge in [-0.15, -0.1) is 5.10 Å². The molecule has 1 atom stereocenters. The predicted molar refractivity (Wildman–Crippen MR) is 110 cm³/mol. The van der Waals surface area contributed by atoms with Crippen molar-refractivity contribution >= 4 is 17.5 Å². The van der Waals surface area contributed by atoms with Gasteiger partial charge in [0.05, 0.1) is 11.8 Å². The average molecular weight is 413 g/mol. The summed E-state index contributed by atoms with van der Waals surface area (Å²) in [5.41, 5.74) is 0.942. The Morgan fingerprint density at radius 3 is 2.62 bits per heavy atom. The normalized spacial score (nSPS) is 16.1. The molecular formula is C21H21ClN4O3.